The third kappa shape index (κ3) is 2.77. The van der Waals surface area contributed by atoms with Gasteiger partial charge in [0.05, 0.1) is 15.4 Å². The van der Waals surface area contributed by atoms with Crippen LogP contribution in [0, 0.1) is 19.7 Å². The minimum absolute atomic E-state index is 0.233. The molecular formula is C18H19BrFN5O. The van der Waals surface area contributed by atoms with E-state index in [2.05, 4.69) is 25.9 Å². The van der Waals surface area contributed by atoms with Crippen LogP contribution in [0.2, 0.25) is 0 Å². The number of hydrogen-bond acceptors (Lipinski definition) is 5. The first-order chi connectivity index (χ1) is 12.5. The second-order valence-electron chi connectivity index (χ2n) is 6.52. The predicted molar refractivity (Wildman–Crippen MR) is 101 cm³/mol. The van der Waals surface area contributed by atoms with E-state index in [0.29, 0.717) is 50.4 Å². The average Bonchev–Trinajstić information content (AvgIpc) is 3.01. The number of nitrogen functional groups attached to an aromatic ring is 1. The maximum atomic E-state index is 14.4. The first-order valence-electron chi connectivity index (χ1n) is 8.55. The highest BCUT2D eigenvalue weighted by Gasteiger charge is 2.26. The molecule has 136 valence electrons. The molecule has 8 heteroatoms. The zero-order valence-corrected chi connectivity index (χ0v) is 16.2. The Morgan fingerprint density at radius 3 is 2.85 bits per heavy atom. The molecule has 3 aromatic rings. The Balaban J connectivity index is 2.03. The van der Waals surface area contributed by atoms with E-state index in [9.17, 15) is 4.39 Å². The van der Waals surface area contributed by atoms with Crippen molar-refractivity contribution in [2.75, 3.05) is 12.3 Å². The van der Waals surface area contributed by atoms with E-state index in [0.717, 1.165) is 19.3 Å². The van der Waals surface area contributed by atoms with Crippen LogP contribution in [-0.2, 0) is 4.74 Å². The number of nitrogens with two attached hydrogens (primary N) is 1. The number of benzene rings is 1. The Bertz CT molecular complexity index is 997. The number of rotatable bonds is 2. The Morgan fingerprint density at radius 2 is 2.12 bits per heavy atom. The third-order valence-electron chi connectivity index (χ3n) is 4.76. The molecule has 1 saturated heterocycles. The summed E-state index contributed by atoms with van der Waals surface area (Å²) in [5.41, 5.74) is 8.94. The van der Waals surface area contributed by atoms with Gasteiger partial charge in [-0.25, -0.2) is 19.0 Å². The summed E-state index contributed by atoms with van der Waals surface area (Å²) in [6.45, 7) is 4.15. The fourth-order valence-corrected chi connectivity index (χ4v) is 3.70. The van der Waals surface area contributed by atoms with E-state index < -0.39 is 0 Å². The zero-order valence-electron chi connectivity index (χ0n) is 14.6. The fraction of sp³-hybridized carbons (Fsp3) is 0.389. The molecule has 6 nitrogen and oxygen atoms in total. The summed E-state index contributed by atoms with van der Waals surface area (Å²) in [6, 6.07) is 1.48. The number of ether oxygens (including phenoxy) is 1. The highest BCUT2D eigenvalue weighted by molar-refractivity contribution is 9.10. The summed E-state index contributed by atoms with van der Waals surface area (Å²) in [5.74, 6) is 0.272. The van der Waals surface area contributed by atoms with Crippen LogP contribution < -0.4 is 5.73 Å². The lowest BCUT2D eigenvalue weighted by Crippen LogP contribution is -2.19. The van der Waals surface area contributed by atoms with Gasteiger partial charge in [0.2, 0.25) is 0 Å². The summed E-state index contributed by atoms with van der Waals surface area (Å²) in [7, 11) is 0. The van der Waals surface area contributed by atoms with Gasteiger partial charge < -0.3 is 10.5 Å². The van der Waals surface area contributed by atoms with Crippen LogP contribution in [0.5, 0.6) is 0 Å². The molecule has 1 unspecified atom stereocenters. The lowest BCUT2D eigenvalue weighted by Gasteiger charge is -2.23. The van der Waals surface area contributed by atoms with E-state index in [1.165, 1.54) is 6.07 Å². The molecule has 1 aromatic carbocycles. The van der Waals surface area contributed by atoms with Gasteiger partial charge in [-0.05, 0) is 49.0 Å². The molecule has 1 aliphatic rings. The Hall–Kier alpha value is -2.06. The lowest BCUT2D eigenvalue weighted by molar-refractivity contribution is -0.0365. The van der Waals surface area contributed by atoms with E-state index in [4.69, 9.17) is 15.6 Å². The van der Waals surface area contributed by atoms with Crippen LogP contribution in [0.1, 0.15) is 36.9 Å². The molecule has 0 bridgehead atoms. The van der Waals surface area contributed by atoms with Gasteiger partial charge in [-0.1, -0.05) is 0 Å². The summed E-state index contributed by atoms with van der Waals surface area (Å²) in [5, 5.41) is 5.44. The first-order valence-corrected chi connectivity index (χ1v) is 9.34. The van der Waals surface area contributed by atoms with Crippen molar-refractivity contribution in [2.24, 2.45) is 0 Å². The van der Waals surface area contributed by atoms with Crippen LogP contribution in [0.15, 0.2) is 16.7 Å². The summed E-state index contributed by atoms with van der Waals surface area (Å²) >= 11 is 3.50. The third-order valence-corrected chi connectivity index (χ3v) is 5.34. The molecule has 0 aliphatic carbocycles. The summed E-state index contributed by atoms with van der Waals surface area (Å²) in [6.07, 6.45) is 4.35. The number of hydrogen-bond donors (Lipinski definition) is 1. The van der Waals surface area contributed by atoms with Crippen molar-refractivity contribution < 1.29 is 9.13 Å². The van der Waals surface area contributed by atoms with Crippen molar-refractivity contribution in [3.63, 3.8) is 0 Å². The number of fused-ring (bicyclic) bond motifs is 1. The monoisotopic (exact) mass is 419 g/mol. The quantitative estimate of drug-likeness (QED) is 0.626. The van der Waals surface area contributed by atoms with E-state index >= 15 is 0 Å². The molecular weight excluding hydrogens is 401 g/mol. The van der Waals surface area contributed by atoms with Gasteiger partial charge in [0.1, 0.15) is 23.0 Å². The first kappa shape index (κ1) is 17.4. The Kier molecular flexibility index (Phi) is 4.40. The highest BCUT2D eigenvalue weighted by atomic mass is 79.9. The van der Waals surface area contributed by atoms with Crippen LogP contribution in [0.25, 0.3) is 22.3 Å². The standard InChI is InChI=1S/C18H19BrFN5O/c1-9-12(20)7-13-15(16(9)21)18(17-11(19)8-22-10(2)23-17)24-25(13)14-5-3-4-6-26-14/h7-8,14H,3-6,21H2,1-2H3. The molecule has 1 atom stereocenters. The number of anilines is 1. The predicted octanol–water partition coefficient (Wildman–Crippen LogP) is 4.29. The number of aromatic nitrogens is 4. The zero-order chi connectivity index (χ0) is 18.4. The normalized spacial score (nSPS) is 17.8. The van der Waals surface area contributed by atoms with Crippen molar-refractivity contribution in [2.45, 2.75) is 39.3 Å². The van der Waals surface area contributed by atoms with Gasteiger partial charge in [-0.2, -0.15) is 5.10 Å². The van der Waals surface area contributed by atoms with Crippen LogP contribution in [0.4, 0.5) is 10.1 Å². The SMILES string of the molecule is Cc1ncc(Br)c(-c2nn(C3CCCCO3)c3cc(F)c(C)c(N)c23)n1. The second kappa shape index (κ2) is 6.59. The number of halogens is 2. The average molecular weight is 420 g/mol. The smallest absolute Gasteiger partial charge is 0.150 e. The Labute approximate surface area is 158 Å². The van der Waals surface area contributed by atoms with Crippen LogP contribution >= 0.6 is 15.9 Å². The molecule has 2 N–H and O–H groups in total. The lowest BCUT2D eigenvalue weighted by atomic mass is 10.1. The van der Waals surface area contributed by atoms with E-state index in [1.807, 2.05) is 6.92 Å². The van der Waals surface area contributed by atoms with Crippen molar-refractivity contribution in [3.05, 3.63) is 33.9 Å². The van der Waals surface area contributed by atoms with Gasteiger partial charge >= 0.3 is 0 Å². The largest absolute Gasteiger partial charge is 0.398 e. The van der Waals surface area contributed by atoms with Crippen molar-refractivity contribution in [1.29, 1.82) is 0 Å². The van der Waals surface area contributed by atoms with E-state index in [-0.39, 0.29) is 12.0 Å². The van der Waals surface area contributed by atoms with E-state index in [1.54, 1.807) is 17.8 Å². The van der Waals surface area contributed by atoms with Gasteiger partial charge in [0.25, 0.3) is 0 Å². The fourth-order valence-electron chi connectivity index (χ4n) is 3.32. The van der Waals surface area contributed by atoms with Gasteiger partial charge in [0, 0.05) is 30.1 Å². The Morgan fingerprint density at radius 1 is 1.31 bits per heavy atom. The summed E-state index contributed by atoms with van der Waals surface area (Å²) in [4.78, 5) is 8.71. The van der Waals surface area contributed by atoms with Crippen molar-refractivity contribution >= 4 is 32.5 Å². The minimum Gasteiger partial charge on any atom is -0.398 e. The maximum absolute atomic E-state index is 14.4. The summed E-state index contributed by atoms with van der Waals surface area (Å²) < 4.78 is 22.7. The molecule has 0 amide bonds. The van der Waals surface area contributed by atoms with Gasteiger partial charge in [-0.3, -0.25) is 0 Å². The highest BCUT2D eigenvalue weighted by Crippen LogP contribution is 2.39. The molecule has 2 aromatic heterocycles. The second-order valence-corrected chi connectivity index (χ2v) is 7.37. The maximum Gasteiger partial charge on any atom is 0.150 e. The van der Waals surface area contributed by atoms with Crippen LogP contribution in [0.3, 0.4) is 0 Å². The molecule has 1 aliphatic heterocycles. The van der Waals surface area contributed by atoms with Crippen molar-refractivity contribution in [3.8, 4) is 11.4 Å². The van der Waals surface area contributed by atoms with Crippen LogP contribution in [-0.4, -0.2) is 26.4 Å². The molecule has 26 heavy (non-hydrogen) atoms. The van der Waals surface area contributed by atoms with Gasteiger partial charge in [0.15, 0.2) is 6.23 Å². The molecule has 4 rings (SSSR count). The molecule has 0 spiro atoms. The molecule has 3 heterocycles. The molecule has 1 fully saturated rings. The van der Waals surface area contributed by atoms with Crippen molar-refractivity contribution in [1.82, 2.24) is 19.7 Å². The number of nitrogens with zero attached hydrogens (tertiary/aromatic N) is 4. The minimum atomic E-state index is -0.351. The molecule has 0 saturated carbocycles. The molecule has 0 radical (unpaired) electrons. The van der Waals surface area contributed by atoms with Gasteiger partial charge in [-0.15, -0.1) is 0 Å². The number of aryl methyl sites for hydroxylation is 1. The topological polar surface area (TPSA) is 78.8 Å².